The number of ether oxygens (including phenoxy) is 1. The van der Waals surface area contributed by atoms with Crippen LogP contribution in [0.2, 0.25) is 0 Å². The van der Waals surface area contributed by atoms with Gasteiger partial charge in [0.1, 0.15) is 12.1 Å². The standard InChI is InChI=1S/C22H19N3O5/c1-30-19(26)14-23-21(28)18-8-5-13-25(22(18)29)17-11-9-16(10-12-17)24-20(27)15-6-3-2-4-7-15/h2-13H,14H2,1H3,(H,23,28)(H,24,27). The number of nitrogens with one attached hydrogen (secondary N) is 2. The Morgan fingerprint density at radius 1 is 0.900 bits per heavy atom. The third-order valence-electron chi connectivity index (χ3n) is 4.25. The van der Waals surface area contributed by atoms with Crippen LogP contribution in [0.1, 0.15) is 20.7 Å². The molecule has 2 aromatic carbocycles. The molecule has 1 heterocycles. The van der Waals surface area contributed by atoms with Gasteiger partial charge in [-0.25, -0.2) is 0 Å². The van der Waals surface area contributed by atoms with Crippen molar-refractivity contribution < 1.29 is 19.1 Å². The molecule has 30 heavy (non-hydrogen) atoms. The number of benzene rings is 2. The lowest BCUT2D eigenvalue weighted by Crippen LogP contribution is -2.35. The zero-order valence-electron chi connectivity index (χ0n) is 16.1. The van der Waals surface area contributed by atoms with E-state index in [2.05, 4.69) is 15.4 Å². The average molecular weight is 405 g/mol. The Hall–Kier alpha value is -4.20. The Morgan fingerprint density at radius 3 is 2.27 bits per heavy atom. The molecule has 2 amide bonds. The Balaban J connectivity index is 1.76. The molecule has 0 aliphatic rings. The first-order chi connectivity index (χ1) is 14.5. The van der Waals surface area contributed by atoms with Crippen molar-refractivity contribution in [3.63, 3.8) is 0 Å². The maximum Gasteiger partial charge on any atom is 0.325 e. The van der Waals surface area contributed by atoms with Crippen molar-refractivity contribution in [2.45, 2.75) is 0 Å². The summed E-state index contributed by atoms with van der Waals surface area (Å²) in [4.78, 5) is 48.3. The molecule has 3 rings (SSSR count). The topological polar surface area (TPSA) is 106 Å². The number of rotatable bonds is 6. The number of hydrogen-bond donors (Lipinski definition) is 2. The zero-order chi connectivity index (χ0) is 21.5. The molecule has 0 bridgehead atoms. The summed E-state index contributed by atoms with van der Waals surface area (Å²) in [5.74, 6) is -1.54. The molecular formula is C22H19N3O5. The highest BCUT2D eigenvalue weighted by Gasteiger charge is 2.14. The average Bonchev–Trinajstić information content (AvgIpc) is 2.78. The third-order valence-corrected chi connectivity index (χ3v) is 4.25. The van der Waals surface area contributed by atoms with E-state index in [1.807, 2.05) is 6.07 Å². The minimum atomic E-state index is -0.675. The van der Waals surface area contributed by atoms with E-state index in [9.17, 15) is 19.2 Å². The van der Waals surface area contributed by atoms with E-state index in [-0.39, 0.29) is 18.0 Å². The van der Waals surface area contributed by atoms with Crippen molar-refractivity contribution >= 4 is 23.5 Å². The number of anilines is 1. The minimum Gasteiger partial charge on any atom is -0.468 e. The number of aromatic nitrogens is 1. The SMILES string of the molecule is COC(=O)CNC(=O)c1cccn(-c2ccc(NC(=O)c3ccccc3)cc2)c1=O. The van der Waals surface area contributed by atoms with Crippen molar-refractivity contribution in [1.82, 2.24) is 9.88 Å². The van der Waals surface area contributed by atoms with Gasteiger partial charge in [0, 0.05) is 23.1 Å². The van der Waals surface area contributed by atoms with E-state index >= 15 is 0 Å². The second-order valence-corrected chi connectivity index (χ2v) is 6.22. The Morgan fingerprint density at radius 2 is 1.60 bits per heavy atom. The van der Waals surface area contributed by atoms with Crippen LogP contribution in [0.25, 0.3) is 5.69 Å². The molecule has 8 nitrogen and oxygen atoms in total. The number of hydrogen-bond acceptors (Lipinski definition) is 5. The molecule has 152 valence electrons. The number of amides is 2. The quantitative estimate of drug-likeness (QED) is 0.610. The number of carbonyl (C=O) groups excluding carboxylic acids is 3. The van der Waals surface area contributed by atoms with Gasteiger partial charge in [0.05, 0.1) is 7.11 Å². The van der Waals surface area contributed by atoms with Crippen LogP contribution in [0, 0.1) is 0 Å². The molecular weight excluding hydrogens is 386 g/mol. The summed E-state index contributed by atoms with van der Waals surface area (Å²) in [5, 5.41) is 5.12. The van der Waals surface area contributed by atoms with Gasteiger partial charge in [-0.15, -0.1) is 0 Å². The number of methoxy groups -OCH3 is 1. The first kappa shape index (κ1) is 20.5. The summed E-state index contributed by atoms with van der Waals surface area (Å²) in [7, 11) is 1.20. The van der Waals surface area contributed by atoms with Crippen LogP contribution in [0.3, 0.4) is 0 Å². The van der Waals surface area contributed by atoms with Gasteiger partial charge in [0.15, 0.2) is 0 Å². The first-order valence-electron chi connectivity index (χ1n) is 9.03. The van der Waals surface area contributed by atoms with Crippen molar-refractivity contribution in [2.75, 3.05) is 19.0 Å². The fourth-order valence-electron chi connectivity index (χ4n) is 2.69. The fourth-order valence-corrected chi connectivity index (χ4v) is 2.69. The summed E-state index contributed by atoms with van der Waals surface area (Å²) in [6, 6.07) is 18.3. The summed E-state index contributed by atoms with van der Waals surface area (Å²) in [6.45, 7) is -0.334. The van der Waals surface area contributed by atoms with E-state index < -0.39 is 17.4 Å². The molecule has 2 N–H and O–H groups in total. The normalized spacial score (nSPS) is 10.2. The summed E-state index contributed by atoms with van der Waals surface area (Å²) in [5.41, 5.74) is 0.959. The highest BCUT2D eigenvalue weighted by atomic mass is 16.5. The highest BCUT2D eigenvalue weighted by Crippen LogP contribution is 2.14. The first-order valence-corrected chi connectivity index (χ1v) is 9.03. The molecule has 0 fully saturated rings. The molecule has 0 spiro atoms. The largest absolute Gasteiger partial charge is 0.468 e. The summed E-state index contributed by atoms with van der Waals surface area (Å²) < 4.78 is 5.76. The monoisotopic (exact) mass is 405 g/mol. The number of esters is 1. The minimum absolute atomic E-state index is 0.108. The molecule has 8 heteroatoms. The predicted molar refractivity (Wildman–Crippen MR) is 111 cm³/mol. The van der Waals surface area contributed by atoms with Gasteiger partial charge in [-0.1, -0.05) is 18.2 Å². The van der Waals surface area contributed by atoms with Crippen LogP contribution in [-0.4, -0.2) is 36.0 Å². The third kappa shape index (κ3) is 4.79. The molecule has 0 saturated carbocycles. The van der Waals surface area contributed by atoms with Crippen molar-refractivity contribution in [1.29, 1.82) is 0 Å². The lowest BCUT2D eigenvalue weighted by Gasteiger charge is -2.10. The molecule has 0 radical (unpaired) electrons. The second-order valence-electron chi connectivity index (χ2n) is 6.22. The van der Waals surface area contributed by atoms with Crippen LogP contribution in [-0.2, 0) is 9.53 Å². The van der Waals surface area contributed by atoms with Crippen LogP contribution >= 0.6 is 0 Å². The molecule has 0 saturated heterocycles. The molecule has 3 aromatic rings. The van der Waals surface area contributed by atoms with Crippen LogP contribution in [0.5, 0.6) is 0 Å². The summed E-state index contributed by atoms with van der Waals surface area (Å²) >= 11 is 0. The lowest BCUT2D eigenvalue weighted by atomic mass is 10.2. The molecule has 0 unspecified atom stereocenters. The van der Waals surface area contributed by atoms with Crippen LogP contribution < -0.4 is 16.2 Å². The van der Waals surface area contributed by atoms with Crippen molar-refractivity contribution in [2.24, 2.45) is 0 Å². The van der Waals surface area contributed by atoms with Gasteiger partial charge in [-0.2, -0.15) is 0 Å². The molecule has 0 aliphatic carbocycles. The molecule has 0 atom stereocenters. The number of pyridine rings is 1. The fraction of sp³-hybridized carbons (Fsp3) is 0.0909. The molecule has 0 aliphatic heterocycles. The maximum absolute atomic E-state index is 12.7. The Bertz CT molecular complexity index is 1120. The van der Waals surface area contributed by atoms with Crippen molar-refractivity contribution in [3.05, 3.63) is 94.4 Å². The van der Waals surface area contributed by atoms with E-state index in [1.165, 1.54) is 23.9 Å². The smallest absolute Gasteiger partial charge is 0.325 e. The summed E-state index contributed by atoms with van der Waals surface area (Å²) in [6.07, 6.45) is 1.52. The van der Waals surface area contributed by atoms with Gasteiger partial charge in [0.2, 0.25) is 0 Å². The van der Waals surface area contributed by atoms with E-state index in [0.717, 1.165) is 0 Å². The van der Waals surface area contributed by atoms with E-state index in [0.29, 0.717) is 16.9 Å². The van der Waals surface area contributed by atoms with Gasteiger partial charge in [-0.05, 0) is 48.5 Å². The van der Waals surface area contributed by atoms with E-state index in [1.54, 1.807) is 54.6 Å². The van der Waals surface area contributed by atoms with Gasteiger partial charge in [-0.3, -0.25) is 23.7 Å². The Kier molecular flexibility index (Phi) is 6.39. The van der Waals surface area contributed by atoms with Crippen LogP contribution in [0.4, 0.5) is 5.69 Å². The van der Waals surface area contributed by atoms with Gasteiger partial charge >= 0.3 is 5.97 Å². The van der Waals surface area contributed by atoms with E-state index in [4.69, 9.17) is 0 Å². The predicted octanol–water partition coefficient (Wildman–Crippen LogP) is 1.99. The zero-order valence-corrected chi connectivity index (χ0v) is 16.1. The molecule has 1 aromatic heterocycles. The highest BCUT2D eigenvalue weighted by molar-refractivity contribution is 6.04. The van der Waals surface area contributed by atoms with Gasteiger partial charge < -0.3 is 15.4 Å². The Labute approximate surface area is 172 Å². The second kappa shape index (κ2) is 9.33. The maximum atomic E-state index is 12.7. The van der Waals surface area contributed by atoms with Crippen LogP contribution in [0.15, 0.2) is 77.7 Å². The van der Waals surface area contributed by atoms with Gasteiger partial charge in [0.25, 0.3) is 17.4 Å². The van der Waals surface area contributed by atoms with Crippen molar-refractivity contribution in [3.8, 4) is 5.69 Å². The number of nitrogens with zero attached hydrogens (tertiary/aromatic N) is 1. The lowest BCUT2D eigenvalue weighted by molar-refractivity contribution is -0.139. The number of carbonyl (C=O) groups is 3.